The maximum atomic E-state index is 5.60. The predicted molar refractivity (Wildman–Crippen MR) is 85.7 cm³/mol. The molecule has 8 heteroatoms. The molecule has 0 unspecified atom stereocenters. The van der Waals surface area contributed by atoms with Crippen LogP contribution in [0.4, 0.5) is 0 Å². The second-order valence-electron chi connectivity index (χ2n) is 4.25. The smallest absolute Gasteiger partial charge is 0.191 e. The van der Waals surface area contributed by atoms with Crippen molar-refractivity contribution in [3.05, 3.63) is 28.0 Å². The highest BCUT2D eigenvalue weighted by atomic mass is 79.9. The molecule has 0 aliphatic rings. The summed E-state index contributed by atoms with van der Waals surface area (Å²) in [5.41, 5.74) is 6.62. The number of thioether (sulfide) groups is 1. The van der Waals surface area contributed by atoms with Gasteiger partial charge in [0.25, 0.3) is 0 Å². The molecule has 114 valence electrons. The van der Waals surface area contributed by atoms with Crippen LogP contribution in [-0.2, 0) is 19.3 Å². The maximum absolute atomic E-state index is 5.60. The number of aromatic nitrogens is 3. The van der Waals surface area contributed by atoms with Gasteiger partial charge >= 0.3 is 0 Å². The summed E-state index contributed by atoms with van der Waals surface area (Å²) in [5, 5.41) is 8.99. The quantitative estimate of drug-likeness (QED) is 0.784. The Balaban J connectivity index is 2.20. The molecule has 0 aliphatic carbocycles. The van der Waals surface area contributed by atoms with Crippen LogP contribution in [0.3, 0.4) is 0 Å². The molecule has 1 aromatic carbocycles. The highest BCUT2D eigenvalue weighted by Crippen LogP contribution is 2.35. The second kappa shape index (κ2) is 7.15. The van der Waals surface area contributed by atoms with E-state index in [1.165, 1.54) is 0 Å². The normalized spacial score (nSPS) is 10.7. The highest BCUT2D eigenvalue weighted by molar-refractivity contribution is 9.10. The zero-order valence-corrected chi connectivity index (χ0v) is 14.5. The molecule has 0 radical (unpaired) electrons. The van der Waals surface area contributed by atoms with Crippen LogP contribution >= 0.6 is 27.7 Å². The minimum atomic E-state index is 0.374. The number of hydrogen-bond acceptors (Lipinski definition) is 6. The lowest BCUT2D eigenvalue weighted by atomic mass is 10.2. The van der Waals surface area contributed by atoms with Crippen LogP contribution in [0, 0.1) is 0 Å². The fraction of sp³-hybridized carbons (Fsp3) is 0.385. The molecule has 2 aromatic rings. The van der Waals surface area contributed by atoms with E-state index >= 15 is 0 Å². The molecule has 0 aliphatic heterocycles. The molecule has 0 fully saturated rings. The third-order valence-electron chi connectivity index (χ3n) is 3.02. The Morgan fingerprint density at radius 3 is 2.52 bits per heavy atom. The van der Waals surface area contributed by atoms with Crippen molar-refractivity contribution in [2.24, 2.45) is 12.8 Å². The van der Waals surface area contributed by atoms with E-state index in [-0.39, 0.29) is 0 Å². The summed E-state index contributed by atoms with van der Waals surface area (Å²) >= 11 is 5.02. The molecule has 1 aromatic heterocycles. The molecule has 0 saturated heterocycles. The minimum Gasteiger partial charge on any atom is -0.496 e. The standard InChI is InChI=1S/C13H17BrN4O2S/c1-18-12(6-15)16-17-13(18)21-7-8-4-11(20-3)9(14)5-10(8)19-2/h4-5H,6-7,15H2,1-3H3. The number of rotatable bonds is 6. The number of nitrogens with zero attached hydrogens (tertiary/aromatic N) is 3. The van der Waals surface area contributed by atoms with Crippen LogP contribution < -0.4 is 15.2 Å². The van der Waals surface area contributed by atoms with Crippen molar-refractivity contribution >= 4 is 27.7 Å². The topological polar surface area (TPSA) is 75.2 Å². The van der Waals surface area contributed by atoms with Crippen molar-refractivity contribution in [3.63, 3.8) is 0 Å². The number of nitrogens with two attached hydrogens (primary N) is 1. The Labute approximate surface area is 136 Å². The Kier molecular flexibility index (Phi) is 5.49. The summed E-state index contributed by atoms with van der Waals surface area (Å²) in [4.78, 5) is 0. The fourth-order valence-corrected chi connectivity index (χ4v) is 3.22. The van der Waals surface area contributed by atoms with Crippen molar-refractivity contribution in [1.82, 2.24) is 14.8 Å². The SMILES string of the molecule is COc1cc(CSc2nnc(CN)n2C)c(OC)cc1Br. The van der Waals surface area contributed by atoms with Crippen LogP contribution in [0.5, 0.6) is 11.5 Å². The number of methoxy groups -OCH3 is 2. The monoisotopic (exact) mass is 372 g/mol. The van der Waals surface area contributed by atoms with Crippen LogP contribution in [0.25, 0.3) is 0 Å². The summed E-state index contributed by atoms with van der Waals surface area (Å²) in [5.74, 6) is 3.03. The van der Waals surface area contributed by atoms with Gasteiger partial charge in [0.15, 0.2) is 5.16 Å². The third kappa shape index (κ3) is 3.50. The van der Waals surface area contributed by atoms with Crippen molar-refractivity contribution in [1.29, 1.82) is 0 Å². The van der Waals surface area contributed by atoms with Crippen molar-refractivity contribution in [2.75, 3.05) is 14.2 Å². The first-order chi connectivity index (χ1) is 10.1. The zero-order valence-electron chi connectivity index (χ0n) is 12.1. The molecule has 0 bridgehead atoms. The van der Waals surface area contributed by atoms with Gasteiger partial charge in [0, 0.05) is 18.4 Å². The predicted octanol–water partition coefficient (Wildman–Crippen LogP) is 2.35. The number of ether oxygens (including phenoxy) is 2. The molecule has 21 heavy (non-hydrogen) atoms. The van der Waals surface area contributed by atoms with E-state index < -0.39 is 0 Å². The minimum absolute atomic E-state index is 0.374. The Morgan fingerprint density at radius 1 is 1.24 bits per heavy atom. The molecule has 1 heterocycles. The van der Waals surface area contributed by atoms with Gasteiger partial charge in [0.2, 0.25) is 0 Å². The lowest BCUT2D eigenvalue weighted by molar-refractivity contribution is 0.398. The van der Waals surface area contributed by atoms with Crippen molar-refractivity contribution < 1.29 is 9.47 Å². The highest BCUT2D eigenvalue weighted by Gasteiger charge is 2.13. The largest absolute Gasteiger partial charge is 0.496 e. The van der Waals surface area contributed by atoms with Gasteiger partial charge in [-0.2, -0.15) is 0 Å². The number of benzene rings is 1. The van der Waals surface area contributed by atoms with Gasteiger partial charge in [0.05, 0.1) is 25.2 Å². The summed E-state index contributed by atoms with van der Waals surface area (Å²) < 4.78 is 13.5. The zero-order chi connectivity index (χ0) is 15.4. The van der Waals surface area contributed by atoms with Gasteiger partial charge in [-0.15, -0.1) is 10.2 Å². The van der Waals surface area contributed by atoms with E-state index in [0.717, 1.165) is 32.5 Å². The van der Waals surface area contributed by atoms with Gasteiger partial charge in [-0.05, 0) is 28.1 Å². The molecule has 2 rings (SSSR count). The van der Waals surface area contributed by atoms with Crippen molar-refractivity contribution in [3.8, 4) is 11.5 Å². The summed E-state index contributed by atoms with van der Waals surface area (Å²) in [7, 11) is 5.20. The molecule has 0 saturated carbocycles. The Hall–Kier alpha value is -1.25. The van der Waals surface area contributed by atoms with E-state index in [2.05, 4.69) is 26.1 Å². The van der Waals surface area contributed by atoms with Gasteiger partial charge in [-0.3, -0.25) is 0 Å². The summed E-state index contributed by atoms with van der Waals surface area (Å²) in [6.07, 6.45) is 0. The fourth-order valence-electron chi connectivity index (χ4n) is 1.83. The van der Waals surface area contributed by atoms with Crippen LogP contribution in [0.15, 0.2) is 21.8 Å². The number of hydrogen-bond donors (Lipinski definition) is 1. The Morgan fingerprint density at radius 2 is 1.95 bits per heavy atom. The van der Waals surface area contributed by atoms with Gasteiger partial charge in [-0.25, -0.2) is 0 Å². The summed E-state index contributed by atoms with van der Waals surface area (Å²) in [6, 6.07) is 3.85. The molecule has 0 spiro atoms. The third-order valence-corrected chi connectivity index (χ3v) is 4.71. The average Bonchev–Trinajstić information content (AvgIpc) is 2.85. The first kappa shape index (κ1) is 16.1. The van der Waals surface area contributed by atoms with Gasteiger partial charge < -0.3 is 19.8 Å². The average molecular weight is 373 g/mol. The molecule has 0 amide bonds. The maximum Gasteiger partial charge on any atom is 0.191 e. The first-order valence-corrected chi connectivity index (χ1v) is 8.00. The lowest BCUT2D eigenvalue weighted by Crippen LogP contribution is -2.05. The second-order valence-corrected chi connectivity index (χ2v) is 6.05. The van der Waals surface area contributed by atoms with Gasteiger partial charge in [0.1, 0.15) is 17.3 Å². The number of halogens is 1. The van der Waals surface area contributed by atoms with E-state index in [0.29, 0.717) is 12.3 Å². The molecular weight excluding hydrogens is 356 g/mol. The summed E-state index contributed by atoms with van der Waals surface area (Å²) in [6.45, 7) is 0.374. The molecular formula is C13H17BrN4O2S. The molecule has 2 N–H and O–H groups in total. The molecule has 0 atom stereocenters. The van der Waals surface area contributed by atoms with E-state index in [4.69, 9.17) is 15.2 Å². The van der Waals surface area contributed by atoms with Crippen LogP contribution in [0.2, 0.25) is 0 Å². The Bertz CT molecular complexity index is 633. The van der Waals surface area contributed by atoms with Crippen molar-refractivity contribution in [2.45, 2.75) is 17.5 Å². The first-order valence-electron chi connectivity index (χ1n) is 6.22. The van der Waals surface area contributed by atoms with E-state index in [1.807, 2.05) is 23.7 Å². The lowest BCUT2D eigenvalue weighted by Gasteiger charge is -2.12. The van der Waals surface area contributed by atoms with Gasteiger partial charge in [-0.1, -0.05) is 11.8 Å². The van der Waals surface area contributed by atoms with E-state index in [1.54, 1.807) is 26.0 Å². The van der Waals surface area contributed by atoms with E-state index in [9.17, 15) is 0 Å². The van der Waals surface area contributed by atoms with Crippen LogP contribution in [-0.4, -0.2) is 29.0 Å². The molecule has 6 nitrogen and oxygen atoms in total. The van der Waals surface area contributed by atoms with Crippen LogP contribution in [0.1, 0.15) is 11.4 Å².